The summed E-state index contributed by atoms with van der Waals surface area (Å²) in [4.78, 5) is 3.80. The number of hydrogen-bond donors (Lipinski definition) is 1. The number of hydrogen-bond acceptors (Lipinski definition) is 3. The van der Waals surface area contributed by atoms with Crippen molar-refractivity contribution in [1.29, 1.82) is 0 Å². The zero-order chi connectivity index (χ0) is 13.8. The van der Waals surface area contributed by atoms with Crippen molar-refractivity contribution in [1.82, 2.24) is 14.8 Å². The van der Waals surface area contributed by atoms with E-state index in [0.29, 0.717) is 22.7 Å². The van der Waals surface area contributed by atoms with E-state index in [1.54, 1.807) is 12.3 Å². The minimum Gasteiger partial charge on any atom is -0.390 e. The fourth-order valence-corrected chi connectivity index (χ4v) is 1.81. The van der Waals surface area contributed by atoms with E-state index in [4.69, 9.17) is 5.11 Å². The highest BCUT2D eigenvalue weighted by molar-refractivity contribution is 5.62. The summed E-state index contributed by atoms with van der Waals surface area (Å²) in [6.45, 7) is 4.92. The van der Waals surface area contributed by atoms with Crippen molar-refractivity contribution in [2.45, 2.75) is 33.4 Å². The SMILES string of the molecule is CC(C)CCn1cc(-c2cc(CO)ncc2F)cn1. The van der Waals surface area contributed by atoms with Crippen LogP contribution in [0.2, 0.25) is 0 Å². The van der Waals surface area contributed by atoms with E-state index in [-0.39, 0.29) is 6.61 Å². The van der Waals surface area contributed by atoms with Crippen LogP contribution >= 0.6 is 0 Å². The largest absolute Gasteiger partial charge is 0.390 e. The third kappa shape index (κ3) is 3.38. The molecule has 0 aliphatic carbocycles. The lowest BCUT2D eigenvalue weighted by atomic mass is 10.1. The van der Waals surface area contributed by atoms with E-state index >= 15 is 0 Å². The minimum absolute atomic E-state index is 0.200. The molecule has 4 nitrogen and oxygen atoms in total. The van der Waals surface area contributed by atoms with Gasteiger partial charge >= 0.3 is 0 Å². The number of rotatable bonds is 5. The molecule has 0 saturated carbocycles. The average Bonchev–Trinajstić information content (AvgIpc) is 2.85. The molecule has 2 aromatic heterocycles. The molecule has 0 atom stereocenters. The van der Waals surface area contributed by atoms with Gasteiger partial charge in [-0.15, -0.1) is 0 Å². The van der Waals surface area contributed by atoms with Gasteiger partial charge in [0, 0.05) is 23.9 Å². The number of aliphatic hydroxyl groups is 1. The maximum absolute atomic E-state index is 13.7. The molecule has 2 aromatic rings. The second-order valence-corrected chi connectivity index (χ2v) is 4.99. The van der Waals surface area contributed by atoms with Gasteiger partial charge in [0.05, 0.1) is 24.7 Å². The van der Waals surface area contributed by atoms with Gasteiger partial charge in [0.25, 0.3) is 0 Å². The summed E-state index contributed by atoms with van der Waals surface area (Å²) in [6.07, 6.45) is 5.62. The van der Waals surface area contributed by atoms with Crippen molar-refractivity contribution in [3.8, 4) is 11.1 Å². The smallest absolute Gasteiger partial charge is 0.149 e. The predicted octanol–water partition coefficient (Wildman–Crippen LogP) is 2.62. The van der Waals surface area contributed by atoms with Gasteiger partial charge in [-0.05, 0) is 18.4 Å². The quantitative estimate of drug-likeness (QED) is 0.902. The first-order valence-electron chi connectivity index (χ1n) is 6.38. The van der Waals surface area contributed by atoms with Crippen molar-refractivity contribution in [3.63, 3.8) is 0 Å². The van der Waals surface area contributed by atoms with Crippen LogP contribution in [0, 0.1) is 11.7 Å². The second kappa shape index (κ2) is 5.93. The second-order valence-electron chi connectivity index (χ2n) is 4.99. The van der Waals surface area contributed by atoms with Crippen LogP contribution in [0.4, 0.5) is 4.39 Å². The molecule has 0 spiro atoms. The van der Waals surface area contributed by atoms with Crippen LogP contribution in [0.15, 0.2) is 24.7 Å². The van der Waals surface area contributed by atoms with Gasteiger partial charge in [0.15, 0.2) is 0 Å². The molecular formula is C14H18FN3O. The Bertz CT molecular complexity index is 551. The molecule has 0 unspecified atom stereocenters. The Balaban J connectivity index is 2.22. The van der Waals surface area contributed by atoms with Gasteiger partial charge in [-0.3, -0.25) is 9.67 Å². The molecule has 1 N–H and O–H groups in total. The fourth-order valence-electron chi connectivity index (χ4n) is 1.81. The monoisotopic (exact) mass is 263 g/mol. The molecule has 5 heteroatoms. The van der Waals surface area contributed by atoms with Crippen LogP contribution in [0.1, 0.15) is 26.0 Å². The molecule has 0 aliphatic heterocycles. The third-order valence-corrected chi connectivity index (χ3v) is 2.95. The van der Waals surface area contributed by atoms with Crippen molar-refractivity contribution in [2.75, 3.05) is 0 Å². The van der Waals surface area contributed by atoms with Crippen molar-refractivity contribution < 1.29 is 9.50 Å². The lowest BCUT2D eigenvalue weighted by Crippen LogP contribution is -2.01. The first-order valence-corrected chi connectivity index (χ1v) is 6.38. The third-order valence-electron chi connectivity index (χ3n) is 2.95. The summed E-state index contributed by atoms with van der Waals surface area (Å²) in [7, 11) is 0. The van der Waals surface area contributed by atoms with Gasteiger partial charge in [-0.2, -0.15) is 5.10 Å². The van der Waals surface area contributed by atoms with Gasteiger partial charge in [-0.25, -0.2) is 4.39 Å². The van der Waals surface area contributed by atoms with Crippen molar-refractivity contribution >= 4 is 0 Å². The van der Waals surface area contributed by atoms with E-state index < -0.39 is 5.82 Å². The minimum atomic E-state index is -0.402. The zero-order valence-corrected chi connectivity index (χ0v) is 11.2. The van der Waals surface area contributed by atoms with E-state index in [1.165, 1.54) is 0 Å². The molecule has 0 radical (unpaired) electrons. The number of aryl methyl sites for hydroxylation is 1. The lowest BCUT2D eigenvalue weighted by Gasteiger charge is -2.04. The Morgan fingerprint density at radius 3 is 2.84 bits per heavy atom. The van der Waals surface area contributed by atoms with Gasteiger partial charge in [0.2, 0.25) is 0 Å². The standard InChI is InChI=1S/C14H18FN3O/c1-10(2)3-4-18-8-11(6-17-18)13-5-12(9-19)16-7-14(13)15/h5-8,10,19H,3-4,9H2,1-2H3. The Morgan fingerprint density at radius 1 is 1.37 bits per heavy atom. The molecule has 0 aliphatic rings. The zero-order valence-electron chi connectivity index (χ0n) is 11.2. The molecule has 2 rings (SSSR count). The number of aliphatic hydroxyl groups excluding tert-OH is 1. The van der Waals surface area contributed by atoms with E-state index in [0.717, 1.165) is 19.2 Å². The predicted molar refractivity (Wildman–Crippen MR) is 70.8 cm³/mol. The summed E-state index contributed by atoms with van der Waals surface area (Å²) in [5, 5.41) is 13.3. The van der Waals surface area contributed by atoms with Crippen LogP contribution in [-0.2, 0) is 13.2 Å². The number of aromatic nitrogens is 3. The maximum atomic E-state index is 13.7. The van der Waals surface area contributed by atoms with E-state index in [1.807, 2.05) is 10.9 Å². The summed E-state index contributed by atoms with van der Waals surface area (Å²) in [5.74, 6) is 0.201. The highest BCUT2D eigenvalue weighted by atomic mass is 19.1. The van der Waals surface area contributed by atoms with Gasteiger partial charge in [-0.1, -0.05) is 13.8 Å². The lowest BCUT2D eigenvalue weighted by molar-refractivity contribution is 0.276. The van der Waals surface area contributed by atoms with Crippen LogP contribution in [-0.4, -0.2) is 19.9 Å². The maximum Gasteiger partial charge on any atom is 0.149 e. The van der Waals surface area contributed by atoms with Crippen LogP contribution < -0.4 is 0 Å². The molecular weight excluding hydrogens is 245 g/mol. The highest BCUT2D eigenvalue weighted by Crippen LogP contribution is 2.22. The molecule has 0 bridgehead atoms. The van der Waals surface area contributed by atoms with Crippen molar-refractivity contribution in [2.24, 2.45) is 5.92 Å². The number of pyridine rings is 1. The average molecular weight is 263 g/mol. The van der Waals surface area contributed by atoms with E-state index in [2.05, 4.69) is 23.9 Å². The highest BCUT2D eigenvalue weighted by Gasteiger charge is 2.09. The Kier molecular flexibility index (Phi) is 4.27. The summed E-state index contributed by atoms with van der Waals surface area (Å²) in [6, 6.07) is 1.55. The van der Waals surface area contributed by atoms with Crippen molar-refractivity contribution in [3.05, 3.63) is 36.2 Å². The van der Waals surface area contributed by atoms with Crippen LogP contribution in [0.3, 0.4) is 0 Å². The molecule has 0 fully saturated rings. The first-order chi connectivity index (χ1) is 9.10. The molecule has 2 heterocycles. The first kappa shape index (κ1) is 13.7. The molecule has 0 saturated heterocycles. The topological polar surface area (TPSA) is 50.9 Å². The van der Waals surface area contributed by atoms with E-state index in [9.17, 15) is 4.39 Å². The Morgan fingerprint density at radius 2 is 2.16 bits per heavy atom. The Hall–Kier alpha value is -1.75. The summed E-state index contributed by atoms with van der Waals surface area (Å²) in [5.41, 5.74) is 1.58. The van der Waals surface area contributed by atoms with Gasteiger partial charge in [0.1, 0.15) is 5.82 Å². The van der Waals surface area contributed by atoms with Gasteiger partial charge < -0.3 is 5.11 Å². The molecule has 102 valence electrons. The van der Waals surface area contributed by atoms with Crippen LogP contribution in [0.25, 0.3) is 11.1 Å². The summed E-state index contributed by atoms with van der Waals surface area (Å²) < 4.78 is 15.5. The molecule has 19 heavy (non-hydrogen) atoms. The molecule has 0 amide bonds. The Labute approximate surface area is 111 Å². The summed E-state index contributed by atoms with van der Waals surface area (Å²) >= 11 is 0. The van der Waals surface area contributed by atoms with Crippen LogP contribution in [0.5, 0.6) is 0 Å². The normalized spacial score (nSPS) is 11.2. The number of nitrogens with zero attached hydrogens (tertiary/aromatic N) is 3. The molecule has 0 aromatic carbocycles. The number of halogens is 1. The fraction of sp³-hybridized carbons (Fsp3) is 0.429.